The summed E-state index contributed by atoms with van der Waals surface area (Å²) in [7, 11) is 0. The van der Waals surface area contributed by atoms with Crippen molar-refractivity contribution >= 4 is 0 Å². The van der Waals surface area contributed by atoms with Crippen LogP contribution in [0.15, 0.2) is 25.6 Å². The maximum absolute atomic E-state index is 5.81. The second-order valence-corrected chi connectivity index (χ2v) is 4.44. The Morgan fingerprint density at radius 2 is 1.29 bits per heavy atom. The number of hydrogen-bond donors (Lipinski definition) is 0. The molecule has 0 aromatic carbocycles. The molecule has 2 atom stereocenters. The number of hydroxylamine groups is 4. The first-order chi connectivity index (χ1) is 8.10. The maximum Gasteiger partial charge on any atom is 0.0554 e. The van der Waals surface area contributed by atoms with Gasteiger partial charge in [-0.2, -0.15) is 4.94 Å². The smallest absolute Gasteiger partial charge is 0.0554 e. The molecule has 0 amide bonds. The average Bonchev–Trinajstić information content (AvgIpc) is 2.31. The van der Waals surface area contributed by atoms with Gasteiger partial charge in [0.25, 0.3) is 0 Å². The molecule has 0 rings (SSSR count). The summed E-state index contributed by atoms with van der Waals surface area (Å²) in [6.45, 7) is 16.2. The standard InChI is InChI=1S/C14H28N2O/c1-7-11-13(5)15(9-3)17-16(10-4)14(6)12-8-2/h9-10,13-14H,3-4,7-8,11-12H2,1-2,5-6H3. The van der Waals surface area contributed by atoms with Gasteiger partial charge in [0.1, 0.15) is 0 Å². The molecular formula is C14H28N2O. The fraction of sp³-hybridized carbons (Fsp3) is 0.714. The van der Waals surface area contributed by atoms with E-state index in [1.165, 1.54) is 0 Å². The SMILES string of the molecule is C=CN(ON(C=C)C(C)CCC)C(C)CCC. The zero-order valence-electron chi connectivity index (χ0n) is 11.9. The van der Waals surface area contributed by atoms with Crippen molar-refractivity contribution in [2.24, 2.45) is 0 Å². The minimum Gasteiger partial charge on any atom is -0.234 e. The molecule has 2 unspecified atom stereocenters. The van der Waals surface area contributed by atoms with E-state index in [9.17, 15) is 0 Å². The van der Waals surface area contributed by atoms with Gasteiger partial charge in [0.15, 0.2) is 0 Å². The molecule has 100 valence electrons. The van der Waals surface area contributed by atoms with Crippen LogP contribution in [-0.4, -0.2) is 22.2 Å². The molecule has 3 nitrogen and oxygen atoms in total. The average molecular weight is 240 g/mol. The lowest BCUT2D eigenvalue weighted by atomic mass is 10.2. The zero-order chi connectivity index (χ0) is 13.3. The zero-order valence-corrected chi connectivity index (χ0v) is 11.9. The van der Waals surface area contributed by atoms with Gasteiger partial charge in [0.05, 0.1) is 12.1 Å². The highest BCUT2D eigenvalue weighted by atomic mass is 16.8. The Bertz CT molecular complexity index is 196. The molecule has 0 N–H and O–H groups in total. The van der Waals surface area contributed by atoms with Crippen molar-refractivity contribution in [1.82, 2.24) is 10.1 Å². The minimum absolute atomic E-state index is 0.328. The molecule has 0 heterocycles. The van der Waals surface area contributed by atoms with E-state index in [4.69, 9.17) is 4.94 Å². The van der Waals surface area contributed by atoms with Gasteiger partial charge in [-0.1, -0.05) is 39.8 Å². The van der Waals surface area contributed by atoms with Crippen LogP contribution in [0.2, 0.25) is 0 Å². The summed E-state index contributed by atoms with van der Waals surface area (Å²) in [5.74, 6) is 0. The summed E-state index contributed by atoms with van der Waals surface area (Å²) in [5, 5.41) is 3.61. The van der Waals surface area contributed by atoms with Crippen LogP contribution < -0.4 is 0 Å². The Morgan fingerprint density at radius 3 is 1.53 bits per heavy atom. The van der Waals surface area contributed by atoms with Crippen LogP contribution in [-0.2, 0) is 4.94 Å². The summed E-state index contributed by atoms with van der Waals surface area (Å²) in [4.78, 5) is 5.81. The maximum atomic E-state index is 5.81. The highest BCUT2D eigenvalue weighted by Gasteiger charge is 2.16. The lowest BCUT2D eigenvalue weighted by molar-refractivity contribution is -0.307. The van der Waals surface area contributed by atoms with Crippen molar-refractivity contribution in [1.29, 1.82) is 0 Å². The highest BCUT2D eigenvalue weighted by molar-refractivity contribution is 4.73. The summed E-state index contributed by atoms with van der Waals surface area (Å²) in [6.07, 6.45) is 7.89. The molecule has 0 spiro atoms. The fourth-order valence-electron chi connectivity index (χ4n) is 1.79. The highest BCUT2D eigenvalue weighted by Crippen LogP contribution is 2.13. The Kier molecular flexibility index (Phi) is 8.60. The monoisotopic (exact) mass is 240 g/mol. The van der Waals surface area contributed by atoms with Gasteiger partial charge in [-0.05, 0) is 26.7 Å². The van der Waals surface area contributed by atoms with Crippen molar-refractivity contribution in [3.8, 4) is 0 Å². The van der Waals surface area contributed by atoms with E-state index in [0.29, 0.717) is 12.1 Å². The summed E-state index contributed by atoms with van der Waals surface area (Å²) in [6, 6.07) is 0.655. The topological polar surface area (TPSA) is 15.7 Å². The molecule has 0 aliphatic carbocycles. The van der Waals surface area contributed by atoms with Crippen LogP contribution in [0.25, 0.3) is 0 Å². The van der Waals surface area contributed by atoms with Crippen LogP contribution in [0.3, 0.4) is 0 Å². The van der Waals surface area contributed by atoms with Crippen molar-refractivity contribution < 1.29 is 4.94 Å². The van der Waals surface area contributed by atoms with Crippen molar-refractivity contribution in [3.63, 3.8) is 0 Å². The lowest BCUT2D eigenvalue weighted by Gasteiger charge is -2.34. The molecule has 0 aliphatic heterocycles. The van der Waals surface area contributed by atoms with Gasteiger partial charge < -0.3 is 0 Å². The summed E-state index contributed by atoms with van der Waals surface area (Å²) >= 11 is 0. The van der Waals surface area contributed by atoms with Gasteiger partial charge in [-0.25, -0.2) is 10.1 Å². The van der Waals surface area contributed by atoms with Crippen LogP contribution in [0.5, 0.6) is 0 Å². The normalized spacial score (nSPS) is 13.9. The van der Waals surface area contributed by atoms with Crippen molar-refractivity contribution in [2.75, 3.05) is 0 Å². The summed E-state index contributed by atoms with van der Waals surface area (Å²) < 4.78 is 0. The van der Waals surface area contributed by atoms with E-state index in [2.05, 4.69) is 40.9 Å². The molecule has 0 aliphatic rings. The van der Waals surface area contributed by atoms with Crippen molar-refractivity contribution in [2.45, 2.75) is 65.5 Å². The van der Waals surface area contributed by atoms with Crippen LogP contribution >= 0.6 is 0 Å². The molecule has 0 saturated carbocycles. The Hall–Kier alpha value is -0.960. The third-order valence-electron chi connectivity index (χ3n) is 2.83. The quantitative estimate of drug-likeness (QED) is 0.535. The third-order valence-corrected chi connectivity index (χ3v) is 2.83. The molecule has 0 fully saturated rings. The van der Waals surface area contributed by atoms with Crippen molar-refractivity contribution in [3.05, 3.63) is 25.6 Å². The van der Waals surface area contributed by atoms with Gasteiger partial charge in [0.2, 0.25) is 0 Å². The molecule has 0 radical (unpaired) electrons. The Labute approximate surface area is 107 Å². The molecule has 17 heavy (non-hydrogen) atoms. The van der Waals surface area contributed by atoms with E-state index in [-0.39, 0.29) is 0 Å². The van der Waals surface area contributed by atoms with Gasteiger partial charge in [-0.3, -0.25) is 0 Å². The van der Waals surface area contributed by atoms with E-state index in [1.807, 2.05) is 0 Å². The Morgan fingerprint density at radius 1 is 0.941 bits per heavy atom. The number of hydrogen-bond acceptors (Lipinski definition) is 3. The predicted octanol–water partition coefficient (Wildman–Crippen LogP) is 4.10. The third kappa shape index (κ3) is 5.78. The minimum atomic E-state index is 0.328. The number of rotatable bonds is 10. The molecule has 0 aromatic heterocycles. The van der Waals surface area contributed by atoms with Crippen LogP contribution in [0.1, 0.15) is 53.4 Å². The fourth-order valence-corrected chi connectivity index (χ4v) is 1.79. The van der Waals surface area contributed by atoms with Gasteiger partial charge in [-0.15, -0.1) is 0 Å². The molecule has 0 bridgehead atoms. The van der Waals surface area contributed by atoms with Crippen LogP contribution in [0.4, 0.5) is 0 Å². The van der Waals surface area contributed by atoms with Gasteiger partial charge >= 0.3 is 0 Å². The predicted molar refractivity (Wildman–Crippen MR) is 73.9 cm³/mol. The van der Waals surface area contributed by atoms with Gasteiger partial charge in [0, 0.05) is 12.4 Å². The van der Waals surface area contributed by atoms with E-state index >= 15 is 0 Å². The molecule has 3 heteroatoms. The summed E-state index contributed by atoms with van der Waals surface area (Å²) in [5.41, 5.74) is 0. The first-order valence-electron chi connectivity index (χ1n) is 6.60. The first kappa shape index (κ1) is 16.0. The first-order valence-corrected chi connectivity index (χ1v) is 6.60. The second kappa shape index (κ2) is 9.11. The lowest BCUT2D eigenvalue weighted by Crippen LogP contribution is -2.38. The molecule has 0 aromatic rings. The number of nitrogens with zero attached hydrogens (tertiary/aromatic N) is 2. The van der Waals surface area contributed by atoms with E-state index in [0.717, 1.165) is 25.7 Å². The Balaban J connectivity index is 4.40. The second-order valence-electron chi connectivity index (χ2n) is 4.44. The molecule has 0 saturated heterocycles. The van der Waals surface area contributed by atoms with Crippen LogP contribution in [0, 0.1) is 0 Å². The van der Waals surface area contributed by atoms with E-state index in [1.54, 1.807) is 22.5 Å². The molecular weight excluding hydrogens is 212 g/mol. The van der Waals surface area contributed by atoms with E-state index < -0.39 is 0 Å². The largest absolute Gasteiger partial charge is 0.234 e.